The molecule has 0 unspecified atom stereocenters. The van der Waals surface area contributed by atoms with E-state index < -0.39 is 0 Å². The van der Waals surface area contributed by atoms with Gasteiger partial charge in [0.2, 0.25) is 0 Å². The number of hydrogen-bond acceptors (Lipinski definition) is 0. The quantitative estimate of drug-likeness (QED) is 0.723. The van der Waals surface area contributed by atoms with E-state index in [4.69, 9.17) is 11.6 Å². The van der Waals surface area contributed by atoms with Crippen molar-refractivity contribution in [1.82, 2.24) is 4.98 Å². The summed E-state index contributed by atoms with van der Waals surface area (Å²) in [6.45, 7) is 0. The van der Waals surface area contributed by atoms with Gasteiger partial charge in [0.15, 0.2) is 0 Å². The Bertz CT molecular complexity index is 494. The van der Waals surface area contributed by atoms with Gasteiger partial charge < -0.3 is 4.98 Å². The minimum Gasteiger partial charge on any atom is -0.358 e. The van der Waals surface area contributed by atoms with Crippen molar-refractivity contribution < 1.29 is 0 Å². The molecular formula is C14H16ClN. The van der Waals surface area contributed by atoms with Crippen LogP contribution in [-0.2, 0) is 0 Å². The second kappa shape index (κ2) is 4.14. The van der Waals surface area contributed by atoms with Gasteiger partial charge in [-0.05, 0) is 43.0 Å². The summed E-state index contributed by atoms with van der Waals surface area (Å²) < 4.78 is 0. The van der Waals surface area contributed by atoms with Gasteiger partial charge in [-0.3, -0.25) is 0 Å². The average molecular weight is 234 g/mol. The first-order chi connectivity index (χ1) is 7.83. The summed E-state index contributed by atoms with van der Waals surface area (Å²) in [6, 6.07) is 8.34. The topological polar surface area (TPSA) is 15.8 Å². The van der Waals surface area contributed by atoms with E-state index in [0.29, 0.717) is 0 Å². The fourth-order valence-electron chi connectivity index (χ4n) is 2.76. The lowest BCUT2D eigenvalue weighted by Gasteiger charge is -2.20. The van der Waals surface area contributed by atoms with E-state index >= 15 is 0 Å². The Morgan fingerprint density at radius 2 is 1.88 bits per heavy atom. The summed E-state index contributed by atoms with van der Waals surface area (Å²) in [7, 11) is 0. The van der Waals surface area contributed by atoms with Crippen LogP contribution in [0.25, 0.3) is 10.9 Å². The summed E-state index contributed by atoms with van der Waals surface area (Å²) in [6.07, 6.45) is 6.82. The largest absolute Gasteiger partial charge is 0.358 e. The smallest absolute Gasteiger partial charge is 0.0457 e. The molecule has 0 radical (unpaired) electrons. The molecule has 1 fully saturated rings. The molecule has 1 N–H and O–H groups in total. The van der Waals surface area contributed by atoms with Crippen LogP contribution in [0.3, 0.4) is 0 Å². The van der Waals surface area contributed by atoms with Crippen molar-refractivity contribution >= 4 is 22.5 Å². The molecule has 1 aromatic carbocycles. The zero-order chi connectivity index (χ0) is 11.0. The Hall–Kier alpha value is -0.950. The molecule has 0 saturated heterocycles. The van der Waals surface area contributed by atoms with Gasteiger partial charge in [0, 0.05) is 21.6 Å². The van der Waals surface area contributed by atoms with E-state index in [1.54, 1.807) is 0 Å². The van der Waals surface area contributed by atoms with Crippen LogP contribution in [0.15, 0.2) is 24.3 Å². The monoisotopic (exact) mass is 233 g/mol. The first-order valence-corrected chi connectivity index (χ1v) is 6.49. The molecule has 2 heteroatoms. The van der Waals surface area contributed by atoms with Crippen molar-refractivity contribution in [3.05, 3.63) is 35.0 Å². The SMILES string of the molecule is Clc1ccc2[nH]c(C3CCCCC3)cc2c1. The number of H-pyrrole nitrogens is 1. The molecule has 0 atom stereocenters. The predicted octanol–water partition coefficient (Wildman–Crippen LogP) is 4.87. The summed E-state index contributed by atoms with van der Waals surface area (Å²) in [5, 5.41) is 2.06. The minimum atomic E-state index is 0.736. The van der Waals surface area contributed by atoms with E-state index in [-0.39, 0.29) is 0 Å². The highest BCUT2D eigenvalue weighted by Gasteiger charge is 2.17. The molecule has 0 spiro atoms. The molecule has 0 bridgehead atoms. The van der Waals surface area contributed by atoms with Crippen LogP contribution in [0.4, 0.5) is 0 Å². The van der Waals surface area contributed by atoms with E-state index in [0.717, 1.165) is 10.9 Å². The van der Waals surface area contributed by atoms with Gasteiger partial charge in [-0.15, -0.1) is 0 Å². The molecular weight excluding hydrogens is 218 g/mol. The van der Waals surface area contributed by atoms with Gasteiger partial charge in [-0.1, -0.05) is 30.9 Å². The van der Waals surface area contributed by atoms with Crippen LogP contribution in [0.1, 0.15) is 43.7 Å². The zero-order valence-corrected chi connectivity index (χ0v) is 10.1. The maximum absolute atomic E-state index is 6.00. The molecule has 0 amide bonds. The molecule has 1 aromatic heterocycles. The lowest BCUT2D eigenvalue weighted by atomic mass is 9.87. The second-order valence-electron chi connectivity index (χ2n) is 4.79. The number of nitrogens with one attached hydrogen (secondary N) is 1. The molecule has 1 nitrogen and oxygen atoms in total. The van der Waals surface area contributed by atoms with Crippen LogP contribution in [-0.4, -0.2) is 4.98 Å². The van der Waals surface area contributed by atoms with E-state index in [2.05, 4.69) is 17.1 Å². The standard InChI is InChI=1S/C14H16ClN/c15-12-6-7-13-11(8-12)9-14(16-13)10-4-2-1-3-5-10/h6-10,16H,1-5H2. The molecule has 84 valence electrons. The Kier molecular flexibility index (Phi) is 2.64. The van der Waals surface area contributed by atoms with Gasteiger partial charge in [0.05, 0.1) is 0 Å². The van der Waals surface area contributed by atoms with Crippen molar-refractivity contribution in [2.45, 2.75) is 38.0 Å². The van der Waals surface area contributed by atoms with Gasteiger partial charge in [-0.25, -0.2) is 0 Å². The number of halogens is 1. The molecule has 2 aromatic rings. The highest BCUT2D eigenvalue weighted by Crippen LogP contribution is 2.34. The number of aromatic amines is 1. The van der Waals surface area contributed by atoms with Crippen molar-refractivity contribution in [3.63, 3.8) is 0 Å². The van der Waals surface area contributed by atoms with Crippen molar-refractivity contribution in [3.8, 4) is 0 Å². The maximum atomic E-state index is 6.00. The third-order valence-corrected chi connectivity index (χ3v) is 3.88. The van der Waals surface area contributed by atoms with Crippen LogP contribution in [0.2, 0.25) is 5.02 Å². The highest BCUT2D eigenvalue weighted by molar-refractivity contribution is 6.31. The lowest BCUT2D eigenvalue weighted by Crippen LogP contribution is -2.04. The van der Waals surface area contributed by atoms with Gasteiger partial charge in [0.1, 0.15) is 0 Å². The highest BCUT2D eigenvalue weighted by atomic mass is 35.5. The molecule has 1 aliphatic carbocycles. The zero-order valence-electron chi connectivity index (χ0n) is 9.30. The molecule has 1 heterocycles. The maximum Gasteiger partial charge on any atom is 0.0457 e. The Labute approximate surface area is 101 Å². The fourth-order valence-corrected chi connectivity index (χ4v) is 2.94. The molecule has 1 aliphatic rings. The van der Waals surface area contributed by atoms with Crippen molar-refractivity contribution in [2.24, 2.45) is 0 Å². The van der Waals surface area contributed by atoms with Crippen molar-refractivity contribution in [1.29, 1.82) is 0 Å². The Morgan fingerprint density at radius 3 is 2.69 bits per heavy atom. The Balaban J connectivity index is 1.97. The van der Waals surface area contributed by atoms with Crippen LogP contribution in [0, 0.1) is 0 Å². The number of hydrogen-bond donors (Lipinski definition) is 1. The summed E-state index contributed by atoms with van der Waals surface area (Å²) in [5.41, 5.74) is 2.61. The summed E-state index contributed by atoms with van der Waals surface area (Å²) in [5.74, 6) is 0.736. The summed E-state index contributed by atoms with van der Waals surface area (Å²) >= 11 is 6.00. The van der Waals surface area contributed by atoms with E-state index in [1.807, 2.05) is 12.1 Å². The first-order valence-electron chi connectivity index (χ1n) is 6.11. The van der Waals surface area contributed by atoms with Crippen LogP contribution < -0.4 is 0 Å². The normalized spacial score (nSPS) is 18.1. The van der Waals surface area contributed by atoms with E-state index in [1.165, 1.54) is 48.7 Å². The molecule has 1 saturated carbocycles. The van der Waals surface area contributed by atoms with Crippen LogP contribution >= 0.6 is 11.6 Å². The minimum absolute atomic E-state index is 0.736. The lowest BCUT2D eigenvalue weighted by molar-refractivity contribution is 0.438. The van der Waals surface area contributed by atoms with Crippen molar-refractivity contribution in [2.75, 3.05) is 0 Å². The third kappa shape index (κ3) is 1.84. The number of aromatic nitrogens is 1. The van der Waals surface area contributed by atoms with Crippen LogP contribution in [0.5, 0.6) is 0 Å². The molecule has 0 aliphatic heterocycles. The van der Waals surface area contributed by atoms with E-state index in [9.17, 15) is 0 Å². The fraction of sp³-hybridized carbons (Fsp3) is 0.429. The number of rotatable bonds is 1. The summed E-state index contributed by atoms with van der Waals surface area (Å²) in [4.78, 5) is 3.53. The second-order valence-corrected chi connectivity index (χ2v) is 5.23. The predicted molar refractivity (Wildman–Crippen MR) is 69.1 cm³/mol. The van der Waals surface area contributed by atoms with Gasteiger partial charge >= 0.3 is 0 Å². The third-order valence-electron chi connectivity index (χ3n) is 3.65. The van der Waals surface area contributed by atoms with Gasteiger partial charge in [-0.2, -0.15) is 0 Å². The molecule has 3 rings (SSSR count). The van der Waals surface area contributed by atoms with Gasteiger partial charge in [0.25, 0.3) is 0 Å². The average Bonchev–Trinajstić information content (AvgIpc) is 2.73. The number of benzene rings is 1. The first kappa shape index (κ1) is 10.2. The molecule has 16 heavy (non-hydrogen) atoms. The number of fused-ring (bicyclic) bond motifs is 1. The Morgan fingerprint density at radius 1 is 1.06 bits per heavy atom.